The maximum atomic E-state index is 13.9. The Balaban J connectivity index is 1.46. The summed E-state index contributed by atoms with van der Waals surface area (Å²) in [7, 11) is 0. The summed E-state index contributed by atoms with van der Waals surface area (Å²) in [6.45, 7) is 3.31. The van der Waals surface area contributed by atoms with E-state index in [2.05, 4.69) is 29.2 Å². The van der Waals surface area contributed by atoms with Gasteiger partial charge in [0.2, 0.25) is 5.91 Å². The largest absolute Gasteiger partial charge is 0.341 e. The van der Waals surface area contributed by atoms with Crippen LogP contribution in [-0.4, -0.2) is 34.0 Å². The lowest BCUT2D eigenvalue weighted by Gasteiger charge is -2.21. The second-order valence-electron chi connectivity index (χ2n) is 6.95. The number of likely N-dealkylation sites (tertiary alicyclic amines) is 1. The van der Waals surface area contributed by atoms with Gasteiger partial charge in [0.05, 0.1) is 5.56 Å². The average Bonchev–Trinajstić information content (AvgIpc) is 3.30. The maximum absolute atomic E-state index is 13.9. The highest BCUT2D eigenvalue weighted by Crippen LogP contribution is 2.30. The zero-order valence-electron chi connectivity index (χ0n) is 15.0. The van der Waals surface area contributed by atoms with E-state index >= 15 is 0 Å². The summed E-state index contributed by atoms with van der Waals surface area (Å²) in [4.78, 5) is 18.6. The van der Waals surface area contributed by atoms with Crippen molar-refractivity contribution in [1.29, 1.82) is 0 Å². The van der Waals surface area contributed by atoms with Gasteiger partial charge < -0.3 is 9.42 Å². The number of carbonyl (C=O) groups is 1. The molecule has 2 heterocycles. The molecule has 0 saturated carbocycles. The minimum atomic E-state index is -0.409. The van der Waals surface area contributed by atoms with Gasteiger partial charge in [-0.05, 0) is 23.6 Å². The monoisotopic (exact) mass is 365 g/mol. The number of hydrogen-bond acceptors (Lipinski definition) is 4. The fourth-order valence-electron chi connectivity index (χ4n) is 3.48. The standard InChI is InChI=1S/C21H20FN3O2/c1-14(15-7-3-2-4-8-15)12-25-13-16(11-19(25)26)20-23-21(27-24-20)17-9-5-6-10-18(17)22/h2-10,14,16H,11-13H2,1H3. The number of halogens is 1. The van der Waals surface area contributed by atoms with Crippen LogP contribution in [0, 0.1) is 5.82 Å². The number of hydrogen-bond donors (Lipinski definition) is 0. The Kier molecular flexibility index (Phi) is 4.71. The van der Waals surface area contributed by atoms with Gasteiger partial charge in [-0.2, -0.15) is 4.98 Å². The maximum Gasteiger partial charge on any atom is 0.260 e. The summed E-state index contributed by atoms with van der Waals surface area (Å²) in [6.07, 6.45) is 0.345. The number of aromatic nitrogens is 2. The summed E-state index contributed by atoms with van der Waals surface area (Å²) in [6, 6.07) is 16.4. The molecule has 4 rings (SSSR count). The number of amides is 1. The molecular formula is C21H20FN3O2. The van der Waals surface area contributed by atoms with Crippen LogP contribution in [-0.2, 0) is 4.79 Å². The molecule has 1 saturated heterocycles. The zero-order chi connectivity index (χ0) is 18.8. The van der Waals surface area contributed by atoms with Crippen molar-refractivity contribution in [3.8, 4) is 11.5 Å². The van der Waals surface area contributed by atoms with Gasteiger partial charge in [-0.1, -0.05) is 54.5 Å². The van der Waals surface area contributed by atoms with Gasteiger partial charge in [0.25, 0.3) is 5.89 Å². The Labute approximate surface area is 156 Å². The molecule has 0 aliphatic carbocycles. The van der Waals surface area contributed by atoms with Gasteiger partial charge in [0, 0.05) is 25.4 Å². The van der Waals surface area contributed by atoms with E-state index in [9.17, 15) is 9.18 Å². The van der Waals surface area contributed by atoms with Crippen LogP contribution in [0.5, 0.6) is 0 Å². The van der Waals surface area contributed by atoms with Gasteiger partial charge >= 0.3 is 0 Å². The molecule has 2 atom stereocenters. The van der Waals surface area contributed by atoms with E-state index in [0.717, 1.165) is 0 Å². The smallest absolute Gasteiger partial charge is 0.260 e. The van der Waals surface area contributed by atoms with Crippen molar-refractivity contribution in [3.05, 3.63) is 71.8 Å². The van der Waals surface area contributed by atoms with E-state index in [1.807, 2.05) is 23.1 Å². The molecule has 2 unspecified atom stereocenters. The van der Waals surface area contributed by atoms with Gasteiger partial charge in [-0.3, -0.25) is 4.79 Å². The van der Waals surface area contributed by atoms with Gasteiger partial charge in [-0.15, -0.1) is 0 Å². The van der Waals surface area contributed by atoms with Crippen LogP contribution in [0.25, 0.3) is 11.5 Å². The van der Waals surface area contributed by atoms with Crippen LogP contribution in [0.1, 0.15) is 36.6 Å². The predicted molar refractivity (Wildman–Crippen MR) is 98.5 cm³/mol. The minimum absolute atomic E-state index is 0.0834. The molecule has 0 N–H and O–H groups in total. The second kappa shape index (κ2) is 7.31. The third-order valence-corrected chi connectivity index (χ3v) is 4.99. The summed E-state index contributed by atoms with van der Waals surface area (Å²) < 4.78 is 19.1. The molecule has 0 radical (unpaired) electrons. The first-order valence-corrected chi connectivity index (χ1v) is 9.03. The van der Waals surface area contributed by atoms with Crippen molar-refractivity contribution in [2.24, 2.45) is 0 Å². The topological polar surface area (TPSA) is 59.2 Å². The fourth-order valence-corrected chi connectivity index (χ4v) is 3.48. The van der Waals surface area contributed by atoms with Crippen molar-refractivity contribution in [3.63, 3.8) is 0 Å². The molecule has 0 spiro atoms. The number of nitrogens with zero attached hydrogens (tertiary/aromatic N) is 3. The van der Waals surface area contributed by atoms with Crippen molar-refractivity contribution < 1.29 is 13.7 Å². The highest BCUT2D eigenvalue weighted by Gasteiger charge is 2.34. The van der Waals surface area contributed by atoms with Gasteiger partial charge in [0.1, 0.15) is 5.82 Å². The van der Waals surface area contributed by atoms with Crippen LogP contribution in [0.4, 0.5) is 4.39 Å². The lowest BCUT2D eigenvalue weighted by molar-refractivity contribution is -0.127. The van der Waals surface area contributed by atoms with E-state index in [1.165, 1.54) is 11.6 Å². The van der Waals surface area contributed by atoms with Crippen molar-refractivity contribution in [2.45, 2.75) is 25.2 Å². The molecule has 1 amide bonds. The molecular weight excluding hydrogens is 345 g/mol. The summed E-state index contributed by atoms with van der Waals surface area (Å²) in [5.41, 5.74) is 1.48. The summed E-state index contributed by atoms with van der Waals surface area (Å²) >= 11 is 0. The Hall–Kier alpha value is -3.02. The van der Waals surface area contributed by atoms with E-state index in [-0.39, 0.29) is 29.2 Å². The third kappa shape index (κ3) is 3.60. The molecule has 6 heteroatoms. The first-order valence-electron chi connectivity index (χ1n) is 9.03. The molecule has 1 fully saturated rings. The Morgan fingerprint density at radius 2 is 1.93 bits per heavy atom. The quantitative estimate of drug-likeness (QED) is 0.686. The minimum Gasteiger partial charge on any atom is -0.341 e. The molecule has 2 aromatic carbocycles. The fraction of sp³-hybridized carbons (Fsp3) is 0.286. The Morgan fingerprint density at radius 1 is 1.19 bits per heavy atom. The zero-order valence-corrected chi connectivity index (χ0v) is 15.0. The average molecular weight is 365 g/mol. The summed E-state index contributed by atoms with van der Waals surface area (Å²) in [5.74, 6) is 0.384. The highest BCUT2D eigenvalue weighted by atomic mass is 19.1. The molecule has 138 valence electrons. The predicted octanol–water partition coefficient (Wildman–Crippen LogP) is 4.00. The molecule has 3 aromatic rings. The number of rotatable bonds is 5. The van der Waals surface area contributed by atoms with Crippen LogP contribution in [0.2, 0.25) is 0 Å². The summed E-state index contributed by atoms with van der Waals surface area (Å²) in [5, 5.41) is 3.99. The third-order valence-electron chi connectivity index (χ3n) is 4.99. The van der Waals surface area contributed by atoms with Crippen molar-refractivity contribution >= 4 is 5.91 Å². The van der Waals surface area contributed by atoms with Crippen LogP contribution in [0.15, 0.2) is 59.1 Å². The van der Waals surface area contributed by atoms with Crippen LogP contribution in [0.3, 0.4) is 0 Å². The van der Waals surface area contributed by atoms with E-state index in [1.54, 1.807) is 18.2 Å². The van der Waals surface area contributed by atoms with Crippen molar-refractivity contribution in [2.75, 3.05) is 13.1 Å². The van der Waals surface area contributed by atoms with E-state index < -0.39 is 5.82 Å². The lowest BCUT2D eigenvalue weighted by Crippen LogP contribution is -2.29. The van der Waals surface area contributed by atoms with Crippen LogP contribution < -0.4 is 0 Å². The van der Waals surface area contributed by atoms with Gasteiger partial charge in [-0.25, -0.2) is 4.39 Å². The molecule has 1 aliphatic rings. The lowest BCUT2D eigenvalue weighted by atomic mass is 10.0. The van der Waals surface area contributed by atoms with Crippen LogP contribution >= 0.6 is 0 Å². The SMILES string of the molecule is CC(CN1CC(c2noc(-c3ccccc3F)n2)CC1=O)c1ccccc1. The molecule has 1 aromatic heterocycles. The Morgan fingerprint density at radius 3 is 2.70 bits per heavy atom. The Bertz CT molecular complexity index is 941. The second-order valence-corrected chi connectivity index (χ2v) is 6.95. The highest BCUT2D eigenvalue weighted by molar-refractivity contribution is 5.79. The van der Waals surface area contributed by atoms with Gasteiger partial charge in [0.15, 0.2) is 5.82 Å². The van der Waals surface area contributed by atoms with Crippen molar-refractivity contribution in [1.82, 2.24) is 15.0 Å². The van der Waals surface area contributed by atoms with E-state index in [0.29, 0.717) is 25.3 Å². The number of benzene rings is 2. The molecule has 27 heavy (non-hydrogen) atoms. The molecule has 5 nitrogen and oxygen atoms in total. The normalized spacial score (nSPS) is 18.1. The molecule has 0 bridgehead atoms. The first-order chi connectivity index (χ1) is 13.1. The molecule has 1 aliphatic heterocycles. The number of carbonyl (C=O) groups excluding carboxylic acids is 1. The van der Waals surface area contributed by atoms with E-state index in [4.69, 9.17) is 4.52 Å². The first kappa shape index (κ1) is 17.4.